The predicted molar refractivity (Wildman–Crippen MR) is 83.0 cm³/mol. The van der Waals surface area contributed by atoms with Gasteiger partial charge in [0.15, 0.2) is 0 Å². The summed E-state index contributed by atoms with van der Waals surface area (Å²) >= 11 is 3.36. The normalized spacial score (nSPS) is 14.1. The van der Waals surface area contributed by atoms with Crippen molar-refractivity contribution < 1.29 is 13.6 Å². The van der Waals surface area contributed by atoms with Gasteiger partial charge in [-0.2, -0.15) is 0 Å². The summed E-state index contributed by atoms with van der Waals surface area (Å²) in [4.78, 5) is 0. The van der Waals surface area contributed by atoms with Gasteiger partial charge in [0, 0.05) is 4.47 Å². The van der Waals surface area contributed by atoms with Crippen LogP contribution in [0.1, 0.15) is 39.5 Å². The van der Waals surface area contributed by atoms with Crippen molar-refractivity contribution in [1.82, 2.24) is 0 Å². The zero-order chi connectivity index (χ0) is 14.1. The van der Waals surface area contributed by atoms with Crippen molar-refractivity contribution in [2.75, 3.05) is 12.8 Å². The van der Waals surface area contributed by atoms with Crippen LogP contribution in [0.4, 0.5) is 0 Å². The zero-order valence-electron chi connectivity index (χ0n) is 11.6. The first-order chi connectivity index (χ1) is 9.09. The van der Waals surface area contributed by atoms with Gasteiger partial charge in [-0.05, 0) is 37.1 Å². The van der Waals surface area contributed by atoms with Crippen molar-refractivity contribution in [3.8, 4) is 5.75 Å². The van der Waals surface area contributed by atoms with Gasteiger partial charge in [-0.3, -0.25) is 4.52 Å². The second-order valence-corrected chi connectivity index (χ2v) is 7.45. The van der Waals surface area contributed by atoms with Gasteiger partial charge < -0.3 is 4.52 Å². The third-order valence-electron chi connectivity index (χ3n) is 2.63. The molecule has 0 saturated carbocycles. The zero-order valence-corrected chi connectivity index (χ0v) is 14.1. The van der Waals surface area contributed by atoms with Gasteiger partial charge in [0.25, 0.3) is 0 Å². The smallest absolute Gasteiger partial charge is 0.379 e. The minimum absolute atomic E-state index is 0.475. The average Bonchev–Trinajstić information content (AvgIpc) is 2.40. The Morgan fingerprint density at radius 3 is 2.32 bits per heavy atom. The molecule has 0 N–H and O–H groups in total. The number of hydrogen-bond acceptors (Lipinski definition) is 3. The standard InChI is InChI=1S/C14H22BrO3P/c1-3-5-11-17-19(16,12-6-4-2)18-14-9-7-13(15)8-10-14/h7-10H,3-6,11-12H2,1-2H3. The lowest BCUT2D eigenvalue weighted by Gasteiger charge is -2.19. The van der Waals surface area contributed by atoms with Crippen molar-refractivity contribution in [1.29, 1.82) is 0 Å². The summed E-state index contributed by atoms with van der Waals surface area (Å²) in [5.41, 5.74) is 0. The molecule has 0 bridgehead atoms. The summed E-state index contributed by atoms with van der Waals surface area (Å²) in [6, 6.07) is 7.33. The highest BCUT2D eigenvalue weighted by atomic mass is 79.9. The number of unbranched alkanes of at least 4 members (excludes halogenated alkanes) is 2. The lowest BCUT2D eigenvalue weighted by atomic mass is 10.3. The predicted octanol–water partition coefficient (Wildman–Crippen LogP) is 5.64. The molecule has 108 valence electrons. The molecule has 0 radical (unpaired) electrons. The summed E-state index contributed by atoms with van der Waals surface area (Å²) in [6.45, 7) is 4.64. The molecule has 1 aromatic rings. The lowest BCUT2D eigenvalue weighted by Crippen LogP contribution is -2.04. The largest absolute Gasteiger partial charge is 0.424 e. The van der Waals surface area contributed by atoms with Gasteiger partial charge in [-0.1, -0.05) is 42.6 Å². The molecular weight excluding hydrogens is 327 g/mol. The molecule has 0 saturated heterocycles. The molecule has 0 aliphatic heterocycles. The van der Waals surface area contributed by atoms with Crippen LogP contribution in [0.3, 0.4) is 0 Å². The highest BCUT2D eigenvalue weighted by molar-refractivity contribution is 9.10. The van der Waals surface area contributed by atoms with Crippen molar-refractivity contribution in [2.24, 2.45) is 0 Å². The molecular formula is C14H22BrO3P. The van der Waals surface area contributed by atoms with Crippen LogP contribution in [0, 0.1) is 0 Å². The molecule has 0 spiro atoms. The molecule has 0 aromatic heterocycles. The maximum atomic E-state index is 12.6. The fourth-order valence-electron chi connectivity index (χ4n) is 1.49. The molecule has 1 atom stereocenters. The Kier molecular flexibility index (Phi) is 7.74. The molecule has 0 aliphatic carbocycles. The van der Waals surface area contributed by atoms with Gasteiger partial charge in [0.2, 0.25) is 0 Å². The third kappa shape index (κ3) is 6.60. The van der Waals surface area contributed by atoms with Crippen LogP contribution in [-0.2, 0) is 9.09 Å². The molecule has 1 aromatic carbocycles. The van der Waals surface area contributed by atoms with Gasteiger partial charge in [0.05, 0.1) is 12.8 Å². The van der Waals surface area contributed by atoms with E-state index in [4.69, 9.17) is 9.05 Å². The molecule has 0 heterocycles. The lowest BCUT2D eigenvalue weighted by molar-refractivity contribution is 0.259. The maximum Gasteiger partial charge on any atom is 0.379 e. The second-order valence-electron chi connectivity index (χ2n) is 4.42. The van der Waals surface area contributed by atoms with E-state index in [-0.39, 0.29) is 0 Å². The fourth-order valence-corrected chi connectivity index (χ4v) is 3.58. The SMILES string of the molecule is CCCCOP(=O)(CCCC)Oc1ccc(Br)cc1. The Hall–Kier alpha value is -0.310. The minimum Gasteiger partial charge on any atom is -0.424 e. The summed E-state index contributed by atoms with van der Waals surface area (Å²) < 4.78 is 24.8. The monoisotopic (exact) mass is 348 g/mol. The van der Waals surface area contributed by atoms with E-state index >= 15 is 0 Å². The molecule has 19 heavy (non-hydrogen) atoms. The van der Waals surface area contributed by atoms with E-state index in [1.165, 1.54) is 0 Å². The Morgan fingerprint density at radius 2 is 1.74 bits per heavy atom. The van der Waals surface area contributed by atoms with Crippen LogP contribution in [0.25, 0.3) is 0 Å². The highest BCUT2D eigenvalue weighted by Crippen LogP contribution is 2.49. The summed E-state index contributed by atoms with van der Waals surface area (Å²) in [5.74, 6) is 0.596. The van der Waals surface area contributed by atoms with E-state index in [1.54, 1.807) is 12.1 Å². The maximum absolute atomic E-state index is 12.6. The Morgan fingerprint density at radius 1 is 1.11 bits per heavy atom. The van der Waals surface area contributed by atoms with E-state index in [0.717, 1.165) is 30.2 Å². The number of benzene rings is 1. The topological polar surface area (TPSA) is 35.5 Å². The van der Waals surface area contributed by atoms with Crippen molar-refractivity contribution in [3.05, 3.63) is 28.7 Å². The van der Waals surface area contributed by atoms with Crippen LogP contribution in [0.5, 0.6) is 5.75 Å². The molecule has 1 unspecified atom stereocenters. The van der Waals surface area contributed by atoms with E-state index < -0.39 is 7.60 Å². The Balaban J connectivity index is 2.66. The van der Waals surface area contributed by atoms with Crippen molar-refractivity contribution in [3.63, 3.8) is 0 Å². The van der Waals surface area contributed by atoms with Crippen LogP contribution in [0.15, 0.2) is 28.7 Å². The molecule has 0 aliphatic rings. The van der Waals surface area contributed by atoms with E-state index in [2.05, 4.69) is 29.8 Å². The number of halogens is 1. The minimum atomic E-state index is -3.02. The summed E-state index contributed by atoms with van der Waals surface area (Å²) in [6.07, 6.45) is 4.22. The third-order valence-corrected chi connectivity index (χ3v) is 5.09. The molecule has 1 rings (SSSR count). The second kappa shape index (κ2) is 8.78. The Labute approximate surface area is 124 Å². The molecule has 0 amide bonds. The summed E-state index contributed by atoms with van der Waals surface area (Å²) in [5, 5.41) is 0. The van der Waals surface area contributed by atoms with Crippen LogP contribution in [-0.4, -0.2) is 12.8 Å². The van der Waals surface area contributed by atoms with Gasteiger partial charge in [-0.15, -0.1) is 0 Å². The first kappa shape index (κ1) is 16.7. The fraction of sp³-hybridized carbons (Fsp3) is 0.571. The van der Waals surface area contributed by atoms with Crippen molar-refractivity contribution in [2.45, 2.75) is 39.5 Å². The van der Waals surface area contributed by atoms with Gasteiger partial charge in [-0.25, -0.2) is 4.57 Å². The van der Waals surface area contributed by atoms with Crippen LogP contribution in [0.2, 0.25) is 0 Å². The first-order valence-corrected chi connectivity index (χ1v) is 9.30. The average molecular weight is 349 g/mol. The molecule has 3 nitrogen and oxygen atoms in total. The Bertz CT molecular complexity index is 406. The first-order valence-electron chi connectivity index (χ1n) is 6.78. The quantitative estimate of drug-likeness (QED) is 0.428. The molecule has 0 fully saturated rings. The van der Waals surface area contributed by atoms with Crippen LogP contribution >= 0.6 is 23.5 Å². The van der Waals surface area contributed by atoms with Gasteiger partial charge in [0.1, 0.15) is 5.75 Å². The van der Waals surface area contributed by atoms with Crippen LogP contribution < -0.4 is 4.52 Å². The number of hydrogen-bond donors (Lipinski definition) is 0. The van der Waals surface area contributed by atoms with Crippen molar-refractivity contribution >= 4 is 23.5 Å². The summed E-state index contributed by atoms with van der Waals surface area (Å²) in [7, 11) is -3.02. The van der Waals surface area contributed by atoms with E-state index in [9.17, 15) is 4.57 Å². The van der Waals surface area contributed by atoms with E-state index in [1.807, 2.05) is 12.1 Å². The number of rotatable bonds is 9. The van der Waals surface area contributed by atoms with Gasteiger partial charge >= 0.3 is 7.60 Å². The highest BCUT2D eigenvalue weighted by Gasteiger charge is 2.25. The van der Waals surface area contributed by atoms with E-state index in [0.29, 0.717) is 18.5 Å². The molecule has 5 heteroatoms.